The maximum Gasteiger partial charge on any atom is 0.253 e. The summed E-state index contributed by atoms with van der Waals surface area (Å²) in [5.74, 6) is 0.606. The number of halogens is 1. The number of pyridine rings is 1. The van der Waals surface area contributed by atoms with Gasteiger partial charge in [-0.15, -0.1) is 0 Å². The van der Waals surface area contributed by atoms with E-state index in [4.69, 9.17) is 16.3 Å². The van der Waals surface area contributed by atoms with Gasteiger partial charge in [0.05, 0.1) is 5.56 Å². The minimum atomic E-state index is -0.187. The Morgan fingerprint density at radius 3 is 2.40 bits per heavy atom. The maximum atomic E-state index is 12.0. The third kappa shape index (κ3) is 5.06. The molecule has 2 aromatic carbocycles. The van der Waals surface area contributed by atoms with Gasteiger partial charge in [-0.1, -0.05) is 54.1 Å². The predicted octanol–water partition coefficient (Wildman–Crippen LogP) is 4.24. The Kier molecular flexibility index (Phi) is 5.65. The van der Waals surface area contributed by atoms with Gasteiger partial charge in [0.2, 0.25) is 0 Å². The van der Waals surface area contributed by atoms with Crippen LogP contribution in [0, 0.1) is 0 Å². The topological polar surface area (TPSA) is 51.2 Å². The highest BCUT2D eigenvalue weighted by molar-refractivity contribution is 6.29. The van der Waals surface area contributed by atoms with Gasteiger partial charge in [0, 0.05) is 12.7 Å². The normalized spacial score (nSPS) is 10.3. The number of carbonyl (C=O) groups excluding carboxylic acids is 1. The molecule has 0 saturated carbocycles. The minimum absolute atomic E-state index is 0.187. The third-order valence-corrected chi connectivity index (χ3v) is 3.84. The number of nitrogens with one attached hydrogen (secondary N) is 1. The molecular formula is C20H17ClN2O2. The summed E-state index contributed by atoms with van der Waals surface area (Å²) in [6.07, 6.45) is 1.46. The smallest absolute Gasteiger partial charge is 0.253 e. The van der Waals surface area contributed by atoms with E-state index < -0.39 is 0 Å². The fraction of sp³-hybridized carbons (Fsp3) is 0.100. The van der Waals surface area contributed by atoms with Crippen molar-refractivity contribution in [2.45, 2.75) is 13.2 Å². The SMILES string of the molecule is O=C(NCc1ccc(OCc2ccccc2)cc1)c1ccc(Cl)nc1. The molecule has 1 amide bonds. The number of rotatable bonds is 6. The van der Waals surface area contributed by atoms with Gasteiger partial charge in [-0.2, -0.15) is 0 Å². The van der Waals surface area contributed by atoms with E-state index in [0.717, 1.165) is 16.9 Å². The fourth-order valence-corrected chi connectivity index (χ4v) is 2.35. The Morgan fingerprint density at radius 1 is 0.960 bits per heavy atom. The monoisotopic (exact) mass is 352 g/mol. The van der Waals surface area contributed by atoms with Crippen molar-refractivity contribution in [2.24, 2.45) is 0 Å². The maximum absolute atomic E-state index is 12.0. The lowest BCUT2D eigenvalue weighted by atomic mass is 10.2. The first-order valence-electron chi connectivity index (χ1n) is 7.86. The van der Waals surface area contributed by atoms with E-state index >= 15 is 0 Å². The van der Waals surface area contributed by atoms with Crippen molar-refractivity contribution in [1.82, 2.24) is 10.3 Å². The van der Waals surface area contributed by atoms with Crippen LogP contribution in [0.3, 0.4) is 0 Å². The van der Waals surface area contributed by atoms with E-state index in [2.05, 4.69) is 10.3 Å². The molecule has 0 saturated heterocycles. The highest BCUT2D eigenvalue weighted by Gasteiger charge is 2.05. The third-order valence-electron chi connectivity index (χ3n) is 3.61. The molecule has 0 radical (unpaired) electrons. The van der Waals surface area contributed by atoms with Crippen molar-refractivity contribution < 1.29 is 9.53 Å². The summed E-state index contributed by atoms with van der Waals surface area (Å²) < 4.78 is 5.75. The zero-order chi connectivity index (χ0) is 17.5. The molecular weight excluding hydrogens is 336 g/mol. The second-order valence-electron chi connectivity index (χ2n) is 5.47. The zero-order valence-corrected chi connectivity index (χ0v) is 14.2. The van der Waals surface area contributed by atoms with E-state index in [-0.39, 0.29) is 5.91 Å². The Hall–Kier alpha value is -2.85. The Morgan fingerprint density at radius 2 is 1.72 bits per heavy atom. The first kappa shape index (κ1) is 17.0. The zero-order valence-electron chi connectivity index (χ0n) is 13.5. The Balaban J connectivity index is 1.50. The molecule has 0 aliphatic rings. The van der Waals surface area contributed by atoms with Crippen LogP contribution >= 0.6 is 11.6 Å². The van der Waals surface area contributed by atoms with Crippen LogP contribution in [0.15, 0.2) is 72.9 Å². The van der Waals surface area contributed by atoms with E-state index in [9.17, 15) is 4.79 Å². The summed E-state index contributed by atoms with van der Waals surface area (Å²) in [5.41, 5.74) is 2.59. The lowest BCUT2D eigenvalue weighted by Crippen LogP contribution is -2.22. The van der Waals surface area contributed by atoms with Gasteiger partial charge in [0.25, 0.3) is 5.91 Å². The van der Waals surface area contributed by atoms with Crippen molar-refractivity contribution in [2.75, 3.05) is 0 Å². The van der Waals surface area contributed by atoms with E-state index in [1.807, 2.05) is 54.6 Å². The molecule has 3 rings (SSSR count). The largest absolute Gasteiger partial charge is 0.489 e. The molecule has 0 atom stereocenters. The molecule has 0 spiro atoms. The molecule has 1 heterocycles. The highest BCUT2D eigenvalue weighted by Crippen LogP contribution is 2.14. The molecule has 0 aliphatic heterocycles. The van der Waals surface area contributed by atoms with Crippen LogP contribution in [0.4, 0.5) is 0 Å². The standard InChI is InChI=1S/C20H17ClN2O2/c21-19-11-8-17(13-22-19)20(24)23-12-15-6-9-18(10-7-15)25-14-16-4-2-1-3-5-16/h1-11,13H,12,14H2,(H,23,24). The molecule has 0 bridgehead atoms. The van der Waals surface area contributed by atoms with Crippen molar-refractivity contribution >= 4 is 17.5 Å². The Bertz CT molecular complexity index is 819. The molecule has 25 heavy (non-hydrogen) atoms. The van der Waals surface area contributed by atoms with Gasteiger partial charge in [-0.25, -0.2) is 4.98 Å². The number of amides is 1. The molecule has 4 nitrogen and oxygen atoms in total. The number of benzene rings is 2. The molecule has 5 heteroatoms. The van der Waals surface area contributed by atoms with Gasteiger partial charge >= 0.3 is 0 Å². The van der Waals surface area contributed by atoms with Crippen LogP contribution in [-0.4, -0.2) is 10.9 Å². The van der Waals surface area contributed by atoms with Crippen LogP contribution in [0.25, 0.3) is 0 Å². The number of ether oxygens (including phenoxy) is 1. The van der Waals surface area contributed by atoms with Crippen LogP contribution in [0.2, 0.25) is 5.15 Å². The quantitative estimate of drug-likeness (QED) is 0.675. The van der Waals surface area contributed by atoms with Crippen LogP contribution in [0.1, 0.15) is 21.5 Å². The van der Waals surface area contributed by atoms with E-state index in [1.54, 1.807) is 12.1 Å². The lowest BCUT2D eigenvalue weighted by Gasteiger charge is -2.08. The summed E-state index contributed by atoms with van der Waals surface area (Å²) in [6, 6.07) is 20.9. The van der Waals surface area contributed by atoms with Crippen molar-refractivity contribution in [3.8, 4) is 5.75 Å². The minimum Gasteiger partial charge on any atom is -0.489 e. The predicted molar refractivity (Wildman–Crippen MR) is 97.6 cm³/mol. The van der Waals surface area contributed by atoms with Crippen LogP contribution < -0.4 is 10.1 Å². The molecule has 0 fully saturated rings. The number of aromatic nitrogens is 1. The summed E-state index contributed by atoms with van der Waals surface area (Å²) in [5, 5.41) is 3.21. The first-order chi connectivity index (χ1) is 12.2. The van der Waals surface area contributed by atoms with Gasteiger partial charge in [0.1, 0.15) is 17.5 Å². The summed E-state index contributed by atoms with van der Waals surface area (Å²) in [6.45, 7) is 0.959. The van der Waals surface area contributed by atoms with E-state index in [0.29, 0.717) is 23.9 Å². The second-order valence-corrected chi connectivity index (χ2v) is 5.86. The number of hydrogen-bond donors (Lipinski definition) is 1. The summed E-state index contributed by atoms with van der Waals surface area (Å²) in [4.78, 5) is 15.9. The van der Waals surface area contributed by atoms with Crippen LogP contribution in [0.5, 0.6) is 5.75 Å². The van der Waals surface area contributed by atoms with Crippen molar-refractivity contribution in [1.29, 1.82) is 0 Å². The Labute approximate surface area is 151 Å². The first-order valence-corrected chi connectivity index (χ1v) is 8.24. The molecule has 1 aromatic heterocycles. The molecule has 126 valence electrons. The molecule has 1 N–H and O–H groups in total. The molecule has 0 aliphatic carbocycles. The average molecular weight is 353 g/mol. The van der Waals surface area contributed by atoms with Gasteiger partial charge in [0.15, 0.2) is 0 Å². The summed E-state index contributed by atoms with van der Waals surface area (Å²) in [7, 11) is 0. The van der Waals surface area contributed by atoms with Crippen LogP contribution in [-0.2, 0) is 13.2 Å². The molecule has 3 aromatic rings. The van der Waals surface area contributed by atoms with Gasteiger partial charge < -0.3 is 10.1 Å². The number of carbonyl (C=O) groups is 1. The van der Waals surface area contributed by atoms with Gasteiger partial charge in [-0.3, -0.25) is 4.79 Å². The molecule has 0 unspecified atom stereocenters. The highest BCUT2D eigenvalue weighted by atomic mass is 35.5. The van der Waals surface area contributed by atoms with Crippen molar-refractivity contribution in [3.63, 3.8) is 0 Å². The summed E-state index contributed by atoms with van der Waals surface area (Å²) >= 11 is 5.71. The van der Waals surface area contributed by atoms with Gasteiger partial charge in [-0.05, 0) is 35.4 Å². The van der Waals surface area contributed by atoms with Crippen molar-refractivity contribution in [3.05, 3.63) is 94.8 Å². The second kappa shape index (κ2) is 8.31. The average Bonchev–Trinajstić information content (AvgIpc) is 2.67. The number of nitrogens with zero attached hydrogens (tertiary/aromatic N) is 1. The lowest BCUT2D eigenvalue weighted by molar-refractivity contribution is 0.0950. The van der Waals surface area contributed by atoms with E-state index in [1.165, 1.54) is 6.20 Å². The number of hydrogen-bond acceptors (Lipinski definition) is 3. The fourth-order valence-electron chi connectivity index (χ4n) is 2.24.